The molecule has 1 saturated heterocycles. The summed E-state index contributed by atoms with van der Waals surface area (Å²) in [5, 5.41) is 7.34. The highest BCUT2D eigenvalue weighted by Crippen LogP contribution is 2.29. The Balaban J connectivity index is 1.52. The number of nitrogens with one attached hydrogen (secondary N) is 1. The highest BCUT2D eigenvalue weighted by Gasteiger charge is 2.28. The zero-order chi connectivity index (χ0) is 16.9. The molecule has 0 atom stereocenters. The number of amides is 1. The normalized spacial score (nSPS) is 21.0. The van der Waals surface area contributed by atoms with Gasteiger partial charge >= 0.3 is 0 Å². The maximum absolute atomic E-state index is 12.6. The van der Waals surface area contributed by atoms with E-state index >= 15 is 0 Å². The third kappa shape index (κ3) is 4.08. The van der Waals surface area contributed by atoms with Crippen LogP contribution in [0, 0.1) is 10.7 Å². The summed E-state index contributed by atoms with van der Waals surface area (Å²) < 4.78 is 2.79. The first-order valence-electron chi connectivity index (χ1n) is 9.62. The average molecular weight is 351 g/mol. The molecule has 1 saturated carbocycles. The van der Waals surface area contributed by atoms with Crippen LogP contribution in [0.1, 0.15) is 76.5 Å². The number of piperidine rings is 1. The fourth-order valence-electron chi connectivity index (χ4n) is 4.28. The molecule has 1 aromatic rings. The molecule has 134 valence electrons. The van der Waals surface area contributed by atoms with E-state index in [1.807, 2.05) is 0 Å². The zero-order valence-electron chi connectivity index (χ0n) is 14.8. The van der Waals surface area contributed by atoms with Crippen molar-refractivity contribution in [2.45, 2.75) is 77.2 Å². The summed E-state index contributed by atoms with van der Waals surface area (Å²) in [4.78, 5) is 14.7. The quantitative estimate of drug-likeness (QED) is 0.659. The van der Waals surface area contributed by atoms with Gasteiger partial charge in [0.25, 0.3) is 0 Å². The van der Waals surface area contributed by atoms with Crippen molar-refractivity contribution in [2.24, 2.45) is 5.92 Å². The van der Waals surface area contributed by atoms with Crippen molar-refractivity contribution in [3.63, 3.8) is 0 Å². The van der Waals surface area contributed by atoms with Gasteiger partial charge in [0.05, 0.1) is 0 Å². The van der Waals surface area contributed by atoms with E-state index in [0.717, 1.165) is 44.7 Å². The Hall–Kier alpha value is -1.17. The second-order valence-electron chi connectivity index (χ2n) is 7.35. The Morgan fingerprint density at radius 3 is 2.46 bits per heavy atom. The second kappa shape index (κ2) is 8.28. The summed E-state index contributed by atoms with van der Waals surface area (Å²) in [6.07, 6.45) is 10.6. The lowest BCUT2D eigenvalue weighted by atomic mass is 9.93. The van der Waals surface area contributed by atoms with Gasteiger partial charge in [0.2, 0.25) is 5.91 Å². The van der Waals surface area contributed by atoms with Crippen LogP contribution in [0.2, 0.25) is 0 Å². The summed E-state index contributed by atoms with van der Waals surface area (Å²) in [6, 6.07) is 0. The molecule has 2 aliphatic rings. The summed E-state index contributed by atoms with van der Waals surface area (Å²) in [7, 11) is 0. The van der Waals surface area contributed by atoms with Crippen LogP contribution in [0.5, 0.6) is 0 Å². The van der Waals surface area contributed by atoms with E-state index in [-0.39, 0.29) is 0 Å². The molecule has 1 amide bonds. The number of rotatable bonds is 4. The predicted octanol–water partition coefficient (Wildman–Crippen LogP) is 4.03. The minimum absolute atomic E-state index is 0.370. The topological polar surface area (TPSA) is 53.9 Å². The molecule has 0 spiro atoms. The molecule has 2 heterocycles. The van der Waals surface area contributed by atoms with Crippen molar-refractivity contribution in [3.8, 4) is 0 Å². The monoisotopic (exact) mass is 350 g/mol. The summed E-state index contributed by atoms with van der Waals surface area (Å²) >= 11 is 5.29. The first-order chi connectivity index (χ1) is 11.7. The van der Waals surface area contributed by atoms with Gasteiger partial charge in [0.1, 0.15) is 5.82 Å². The molecule has 0 radical (unpaired) electrons. The summed E-state index contributed by atoms with van der Waals surface area (Å²) in [5.41, 5.74) is 0. The Morgan fingerprint density at radius 1 is 1.17 bits per heavy atom. The number of nitrogens with zero attached hydrogens (tertiary/aromatic N) is 3. The first-order valence-corrected chi connectivity index (χ1v) is 10.0. The van der Waals surface area contributed by atoms with Crippen molar-refractivity contribution in [1.29, 1.82) is 0 Å². The highest BCUT2D eigenvalue weighted by atomic mass is 32.1. The summed E-state index contributed by atoms with van der Waals surface area (Å²) in [5.74, 6) is 2.47. The van der Waals surface area contributed by atoms with E-state index in [0.29, 0.717) is 22.5 Å². The SMILES string of the molecule is CCn1c(C2CCN(C(=O)CC3CCCCCC3)CC2)n[nH]c1=S. The van der Waals surface area contributed by atoms with Gasteiger partial charge in [0, 0.05) is 32.0 Å². The van der Waals surface area contributed by atoms with Crippen molar-refractivity contribution < 1.29 is 4.79 Å². The Kier molecular flexibility index (Phi) is 6.09. The lowest BCUT2D eigenvalue weighted by Crippen LogP contribution is -2.39. The highest BCUT2D eigenvalue weighted by molar-refractivity contribution is 7.71. The van der Waals surface area contributed by atoms with E-state index < -0.39 is 0 Å². The van der Waals surface area contributed by atoms with Crippen LogP contribution in [-0.4, -0.2) is 38.7 Å². The van der Waals surface area contributed by atoms with E-state index in [9.17, 15) is 4.79 Å². The van der Waals surface area contributed by atoms with Crippen LogP contribution in [-0.2, 0) is 11.3 Å². The largest absolute Gasteiger partial charge is 0.343 e. The molecule has 2 fully saturated rings. The van der Waals surface area contributed by atoms with Gasteiger partial charge in [-0.05, 0) is 50.7 Å². The second-order valence-corrected chi connectivity index (χ2v) is 7.73. The fourth-order valence-corrected chi connectivity index (χ4v) is 4.55. The van der Waals surface area contributed by atoms with Crippen molar-refractivity contribution in [3.05, 3.63) is 10.6 Å². The Morgan fingerprint density at radius 2 is 1.83 bits per heavy atom. The molecular weight excluding hydrogens is 320 g/mol. The summed E-state index contributed by atoms with van der Waals surface area (Å²) in [6.45, 7) is 4.67. The molecule has 0 aromatic carbocycles. The maximum Gasteiger partial charge on any atom is 0.222 e. The Bertz CT molecular complexity index is 592. The van der Waals surface area contributed by atoms with Crippen LogP contribution in [0.3, 0.4) is 0 Å². The number of carbonyl (C=O) groups is 1. The fraction of sp³-hybridized carbons (Fsp3) is 0.833. The van der Waals surface area contributed by atoms with Crippen LogP contribution in [0.4, 0.5) is 0 Å². The number of carbonyl (C=O) groups excluding carboxylic acids is 1. The molecule has 0 bridgehead atoms. The van der Waals surface area contributed by atoms with E-state index in [1.165, 1.54) is 38.5 Å². The molecular formula is C18H30N4OS. The van der Waals surface area contributed by atoms with E-state index in [4.69, 9.17) is 12.2 Å². The third-order valence-electron chi connectivity index (χ3n) is 5.75. The van der Waals surface area contributed by atoms with E-state index in [1.54, 1.807) is 0 Å². The van der Waals surface area contributed by atoms with Gasteiger partial charge in [0.15, 0.2) is 4.77 Å². The first kappa shape index (κ1) is 17.6. The predicted molar refractivity (Wildman–Crippen MR) is 97.4 cm³/mol. The average Bonchev–Trinajstić information content (AvgIpc) is 2.80. The molecule has 5 nitrogen and oxygen atoms in total. The minimum atomic E-state index is 0.370. The number of H-pyrrole nitrogens is 1. The number of likely N-dealkylation sites (tertiary alicyclic amines) is 1. The number of aromatic amines is 1. The molecule has 1 aliphatic carbocycles. The molecule has 1 aliphatic heterocycles. The van der Waals surface area contributed by atoms with Crippen LogP contribution >= 0.6 is 12.2 Å². The lowest BCUT2D eigenvalue weighted by Gasteiger charge is -2.32. The lowest BCUT2D eigenvalue weighted by molar-refractivity contribution is -0.133. The van der Waals surface area contributed by atoms with Gasteiger partial charge < -0.3 is 9.47 Å². The van der Waals surface area contributed by atoms with Crippen molar-refractivity contribution >= 4 is 18.1 Å². The van der Waals surface area contributed by atoms with Crippen molar-refractivity contribution in [1.82, 2.24) is 19.7 Å². The molecule has 0 unspecified atom stereocenters. The molecule has 3 rings (SSSR count). The number of aromatic nitrogens is 3. The number of hydrogen-bond acceptors (Lipinski definition) is 3. The third-order valence-corrected chi connectivity index (χ3v) is 6.07. The van der Waals surface area contributed by atoms with Gasteiger partial charge in [-0.25, -0.2) is 0 Å². The number of hydrogen-bond donors (Lipinski definition) is 1. The zero-order valence-corrected chi connectivity index (χ0v) is 15.6. The van der Waals surface area contributed by atoms with Crippen LogP contribution in [0.25, 0.3) is 0 Å². The van der Waals surface area contributed by atoms with Crippen molar-refractivity contribution in [2.75, 3.05) is 13.1 Å². The van der Waals surface area contributed by atoms with Crippen LogP contribution < -0.4 is 0 Å². The molecule has 1 N–H and O–H groups in total. The van der Waals surface area contributed by atoms with Gasteiger partial charge in [-0.3, -0.25) is 9.89 Å². The maximum atomic E-state index is 12.6. The molecule has 24 heavy (non-hydrogen) atoms. The van der Waals surface area contributed by atoms with Gasteiger partial charge in [-0.2, -0.15) is 5.10 Å². The Labute approximate surface area is 149 Å². The van der Waals surface area contributed by atoms with E-state index in [2.05, 4.69) is 26.6 Å². The smallest absolute Gasteiger partial charge is 0.222 e. The minimum Gasteiger partial charge on any atom is -0.343 e. The molecule has 6 heteroatoms. The van der Waals surface area contributed by atoms with Crippen LogP contribution in [0.15, 0.2) is 0 Å². The standard InChI is InChI=1S/C18H30N4OS/c1-2-22-17(19-20-18(22)24)15-9-11-21(12-10-15)16(23)13-14-7-5-3-4-6-8-14/h14-15H,2-13H2,1H3,(H,20,24). The molecule has 1 aromatic heterocycles. The van der Waals surface area contributed by atoms with Gasteiger partial charge in [-0.1, -0.05) is 25.7 Å². The van der Waals surface area contributed by atoms with Gasteiger partial charge in [-0.15, -0.1) is 0 Å².